The average Bonchev–Trinajstić information content (AvgIpc) is 2.89. The number of carbonyl (C=O) groups excluding carboxylic acids is 2. The normalized spacial score (nSPS) is 20.5. The van der Waals surface area contributed by atoms with Crippen LogP contribution in [-0.2, 0) is 29.0 Å². The van der Waals surface area contributed by atoms with Gasteiger partial charge in [-0.1, -0.05) is 54.6 Å². The highest BCUT2D eigenvalue weighted by molar-refractivity contribution is 7.98. The van der Waals surface area contributed by atoms with Crippen LogP contribution in [0, 0.1) is 0 Å². The van der Waals surface area contributed by atoms with E-state index in [0.29, 0.717) is 17.5 Å². The van der Waals surface area contributed by atoms with Crippen LogP contribution in [0.2, 0.25) is 0 Å². The molecule has 4 bridgehead atoms. The molecule has 0 aliphatic carbocycles. The minimum Gasteiger partial charge on any atom is -0.459 e. The first kappa shape index (κ1) is 27.7. The van der Waals surface area contributed by atoms with Gasteiger partial charge in [0.1, 0.15) is 12.1 Å². The molecule has 7 nitrogen and oxygen atoms in total. The van der Waals surface area contributed by atoms with E-state index in [1.165, 1.54) is 12.1 Å². The van der Waals surface area contributed by atoms with Crippen LogP contribution in [0.15, 0.2) is 72.8 Å². The van der Waals surface area contributed by atoms with Crippen LogP contribution in [0.5, 0.6) is 0 Å². The van der Waals surface area contributed by atoms with Gasteiger partial charge in [-0.3, -0.25) is 9.59 Å². The van der Waals surface area contributed by atoms with Crippen LogP contribution in [0.25, 0.3) is 0 Å². The van der Waals surface area contributed by atoms with Crippen molar-refractivity contribution in [3.8, 4) is 0 Å². The molecule has 3 N–H and O–H groups in total. The molecule has 4 rings (SSSR count). The number of esters is 1. The highest BCUT2D eigenvalue weighted by Gasteiger charge is 2.31. The van der Waals surface area contributed by atoms with Crippen molar-refractivity contribution in [2.75, 3.05) is 25.4 Å². The Labute approximate surface area is 229 Å². The van der Waals surface area contributed by atoms with Crippen molar-refractivity contribution in [3.63, 3.8) is 0 Å². The van der Waals surface area contributed by atoms with E-state index in [0.717, 1.165) is 35.2 Å². The van der Waals surface area contributed by atoms with Gasteiger partial charge in [0.25, 0.3) is 5.91 Å². The minimum atomic E-state index is -1.18. The SMILES string of the molecule is CN(C)SN(C)c1cc2cc(c1)C(=O)NC(c1ccccc1)CCc1cccc(c1)CC(C)(N)C(=O)OC2. The van der Waals surface area contributed by atoms with Gasteiger partial charge in [-0.05, 0) is 74.3 Å². The molecular formula is C30H36N4O3S. The van der Waals surface area contributed by atoms with Crippen LogP contribution in [0.1, 0.15) is 52.0 Å². The molecule has 2 unspecified atom stereocenters. The molecule has 3 aromatic carbocycles. The Bertz CT molecular complexity index is 1280. The first-order valence-corrected chi connectivity index (χ1v) is 13.5. The monoisotopic (exact) mass is 532 g/mol. The fraction of sp³-hybridized carbons (Fsp3) is 0.333. The maximum atomic E-state index is 13.6. The van der Waals surface area contributed by atoms with E-state index in [4.69, 9.17) is 10.5 Å². The summed E-state index contributed by atoms with van der Waals surface area (Å²) in [5.74, 6) is -0.660. The third-order valence-electron chi connectivity index (χ3n) is 6.52. The lowest BCUT2D eigenvalue weighted by molar-refractivity contribution is -0.150. The molecule has 3 aromatic rings. The molecule has 1 heterocycles. The third-order valence-corrected chi connectivity index (χ3v) is 7.30. The fourth-order valence-electron chi connectivity index (χ4n) is 4.63. The number of anilines is 1. The van der Waals surface area contributed by atoms with E-state index < -0.39 is 11.5 Å². The number of cyclic esters (lactones) is 1. The first-order chi connectivity index (χ1) is 18.1. The maximum absolute atomic E-state index is 13.6. The highest BCUT2D eigenvalue weighted by Crippen LogP contribution is 2.27. The van der Waals surface area contributed by atoms with E-state index in [1.54, 1.807) is 13.0 Å². The standard InChI is InChI=1S/C30H36N4O3S/c1-30(31)19-22-10-8-9-21(15-22)13-14-27(24-11-6-5-7-12-24)32-28(35)25-16-23(20-37-29(30)36)17-26(18-25)34(4)38-33(2)3/h5-12,15-18,27H,13-14,19-20,31H2,1-4H3,(H,32,35). The predicted octanol–water partition coefficient (Wildman–Crippen LogP) is 4.67. The number of ether oxygens (including phenoxy) is 1. The summed E-state index contributed by atoms with van der Waals surface area (Å²) >= 11 is 1.50. The zero-order chi connectivity index (χ0) is 27.3. The Balaban J connectivity index is 1.74. The topological polar surface area (TPSA) is 87.9 Å². The van der Waals surface area contributed by atoms with Gasteiger partial charge >= 0.3 is 5.97 Å². The summed E-state index contributed by atoms with van der Waals surface area (Å²) < 4.78 is 9.61. The zero-order valence-corrected chi connectivity index (χ0v) is 23.3. The molecule has 38 heavy (non-hydrogen) atoms. The summed E-state index contributed by atoms with van der Waals surface area (Å²) in [7, 11) is 5.83. The molecule has 0 saturated carbocycles. The lowest BCUT2D eigenvalue weighted by Crippen LogP contribution is -2.48. The summed E-state index contributed by atoms with van der Waals surface area (Å²) in [6.45, 7) is 1.72. The average molecular weight is 533 g/mol. The largest absolute Gasteiger partial charge is 0.459 e. The minimum absolute atomic E-state index is 0.0162. The lowest BCUT2D eigenvalue weighted by atomic mass is 9.91. The molecule has 0 fully saturated rings. The van der Waals surface area contributed by atoms with E-state index in [-0.39, 0.29) is 18.6 Å². The quantitative estimate of drug-likeness (QED) is 0.373. The molecule has 2 atom stereocenters. The summed E-state index contributed by atoms with van der Waals surface area (Å²) in [5, 5.41) is 3.26. The number of aryl methyl sites for hydroxylation is 1. The van der Waals surface area contributed by atoms with Crippen molar-refractivity contribution in [2.24, 2.45) is 5.73 Å². The fourth-order valence-corrected chi connectivity index (χ4v) is 5.32. The van der Waals surface area contributed by atoms with Crippen LogP contribution < -0.4 is 15.4 Å². The Kier molecular flexibility index (Phi) is 8.76. The molecule has 1 aliphatic rings. The molecule has 1 amide bonds. The molecular weight excluding hydrogens is 496 g/mol. The van der Waals surface area contributed by atoms with E-state index in [2.05, 4.69) is 17.4 Å². The summed E-state index contributed by atoms with van der Waals surface area (Å²) in [5.41, 5.74) is 10.5. The van der Waals surface area contributed by atoms with Gasteiger partial charge in [0, 0.05) is 36.9 Å². The number of hydrogen-bond acceptors (Lipinski definition) is 7. The molecule has 200 valence electrons. The van der Waals surface area contributed by atoms with Crippen molar-refractivity contribution in [2.45, 2.75) is 44.4 Å². The van der Waals surface area contributed by atoms with Gasteiger partial charge in [-0.15, -0.1) is 0 Å². The second-order valence-corrected chi connectivity index (χ2v) is 11.7. The van der Waals surface area contributed by atoms with Crippen LogP contribution in [0.3, 0.4) is 0 Å². The Morgan fingerprint density at radius 3 is 2.42 bits per heavy atom. The number of hydrogen-bond donors (Lipinski definition) is 2. The van der Waals surface area contributed by atoms with Gasteiger partial charge in [0.2, 0.25) is 0 Å². The van der Waals surface area contributed by atoms with Crippen molar-refractivity contribution in [3.05, 3.63) is 101 Å². The smallest absolute Gasteiger partial charge is 0.326 e. The Morgan fingerprint density at radius 1 is 0.947 bits per heavy atom. The van der Waals surface area contributed by atoms with Crippen LogP contribution in [-0.4, -0.2) is 42.9 Å². The number of nitrogens with zero attached hydrogens (tertiary/aromatic N) is 2. The van der Waals surface area contributed by atoms with Crippen molar-refractivity contribution in [1.29, 1.82) is 0 Å². The lowest BCUT2D eigenvalue weighted by Gasteiger charge is -2.25. The van der Waals surface area contributed by atoms with Crippen LogP contribution >= 0.6 is 12.1 Å². The number of fused-ring (bicyclic) bond motifs is 4. The van der Waals surface area contributed by atoms with Gasteiger partial charge < -0.3 is 20.1 Å². The second kappa shape index (κ2) is 12.0. The predicted molar refractivity (Wildman–Crippen MR) is 154 cm³/mol. The van der Waals surface area contributed by atoms with Crippen molar-refractivity contribution >= 4 is 29.7 Å². The number of rotatable bonds is 4. The number of nitrogens with two attached hydrogens (primary N) is 1. The van der Waals surface area contributed by atoms with Crippen molar-refractivity contribution in [1.82, 2.24) is 9.62 Å². The number of carbonyl (C=O) groups is 2. The highest BCUT2D eigenvalue weighted by atomic mass is 32.2. The summed E-state index contributed by atoms with van der Waals surface area (Å²) in [4.78, 5) is 26.6. The zero-order valence-electron chi connectivity index (χ0n) is 22.4. The van der Waals surface area contributed by atoms with Crippen molar-refractivity contribution < 1.29 is 14.3 Å². The van der Waals surface area contributed by atoms with E-state index in [1.807, 2.05) is 84.4 Å². The van der Waals surface area contributed by atoms with Crippen LogP contribution in [0.4, 0.5) is 5.69 Å². The molecule has 0 saturated heterocycles. The second-order valence-electron chi connectivity index (χ2n) is 10.2. The first-order valence-electron chi connectivity index (χ1n) is 12.7. The molecule has 0 aromatic heterocycles. The maximum Gasteiger partial charge on any atom is 0.326 e. The summed E-state index contributed by atoms with van der Waals surface area (Å²) in [6, 6.07) is 23.6. The number of benzene rings is 3. The van der Waals surface area contributed by atoms with Gasteiger partial charge in [-0.25, -0.2) is 4.31 Å². The van der Waals surface area contributed by atoms with Gasteiger partial charge in [0.15, 0.2) is 0 Å². The molecule has 1 aliphatic heterocycles. The van der Waals surface area contributed by atoms with E-state index >= 15 is 0 Å². The molecule has 8 heteroatoms. The van der Waals surface area contributed by atoms with E-state index in [9.17, 15) is 9.59 Å². The molecule has 0 radical (unpaired) electrons. The third kappa shape index (κ3) is 7.16. The van der Waals surface area contributed by atoms with Gasteiger partial charge in [-0.2, -0.15) is 0 Å². The Morgan fingerprint density at radius 2 is 1.68 bits per heavy atom. The summed E-state index contributed by atoms with van der Waals surface area (Å²) in [6.07, 6.45) is 1.85. The Hall–Kier alpha value is -3.33. The van der Waals surface area contributed by atoms with Gasteiger partial charge in [0.05, 0.1) is 6.04 Å². The number of amides is 1. The molecule has 0 spiro atoms. The number of nitrogens with one attached hydrogen (secondary N) is 1.